The van der Waals surface area contributed by atoms with Crippen LogP contribution in [0.3, 0.4) is 0 Å². The Morgan fingerprint density at radius 2 is 1.63 bits per heavy atom. The van der Waals surface area contributed by atoms with Crippen molar-refractivity contribution in [3.8, 4) is 0 Å². The molecule has 3 heterocycles. The van der Waals surface area contributed by atoms with Crippen molar-refractivity contribution >= 4 is 23.1 Å². The van der Waals surface area contributed by atoms with Gasteiger partial charge in [-0.2, -0.15) is 0 Å². The van der Waals surface area contributed by atoms with E-state index in [-0.39, 0.29) is 5.91 Å². The summed E-state index contributed by atoms with van der Waals surface area (Å²) in [4.78, 5) is 27.6. The lowest BCUT2D eigenvalue weighted by Crippen LogP contribution is -2.44. The van der Waals surface area contributed by atoms with Crippen LogP contribution < -0.4 is 10.2 Å². The molecular weight excluding hydrogens is 340 g/mol. The van der Waals surface area contributed by atoms with Crippen molar-refractivity contribution in [1.29, 1.82) is 0 Å². The van der Waals surface area contributed by atoms with Gasteiger partial charge in [0.2, 0.25) is 0 Å². The minimum absolute atomic E-state index is 0.0249. The van der Waals surface area contributed by atoms with Gasteiger partial charge in [0, 0.05) is 50.6 Å². The van der Waals surface area contributed by atoms with Crippen LogP contribution in [0.2, 0.25) is 0 Å². The zero-order chi connectivity index (χ0) is 18.6. The average molecular weight is 366 g/mol. The Balaban J connectivity index is 1.36. The predicted molar refractivity (Wildman–Crippen MR) is 107 cm³/mol. The number of piperazine rings is 1. The topological polar surface area (TPSA) is 64.6 Å². The molecule has 27 heavy (non-hydrogen) atoms. The number of likely N-dealkylation sites (N-methyl/N-ethyl adjacent to an activating group) is 1. The van der Waals surface area contributed by atoms with Gasteiger partial charge in [0.1, 0.15) is 11.5 Å². The number of aromatic nitrogens is 2. The Hall–Kier alpha value is -2.67. The van der Waals surface area contributed by atoms with Gasteiger partial charge in [0.15, 0.2) is 0 Å². The molecule has 7 heteroatoms. The van der Waals surface area contributed by atoms with E-state index >= 15 is 0 Å². The molecule has 2 saturated heterocycles. The molecule has 1 amide bonds. The molecule has 2 fully saturated rings. The van der Waals surface area contributed by atoms with Crippen LogP contribution in [-0.4, -0.2) is 72.0 Å². The molecular formula is C20H26N6O. The number of rotatable bonds is 4. The zero-order valence-electron chi connectivity index (χ0n) is 15.8. The van der Waals surface area contributed by atoms with Crippen LogP contribution in [0.4, 0.5) is 17.2 Å². The SMILES string of the molecule is CN1CCN(c2ccc(Nc3cnc(C(=O)N4CCCC4)cn3)cc2)CC1. The van der Waals surface area contributed by atoms with Gasteiger partial charge in [-0.15, -0.1) is 0 Å². The highest BCUT2D eigenvalue weighted by Gasteiger charge is 2.20. The second-order valence-corrected chi connectivity index (χ2v) is 7.25. The third-order valence-corrected chi connectivity index (χ3v) is 5.27. The van der Waals surface area contributed by atoms with E-state index in [0.717, 1.165) is 57.8 Å². The summed E-state index contributed by atoms with van der Waals surface area (Å²) >= 11 is 0. The van der Waals surface area contributed by atoms with Crippen molar-refractivity contribution in [2.45, 2.75) is 12.8 Å². The fourth-order valence-corrected chi connectivity index (χ4v) is 3.55. The van der Waals surface area contributed by atoms with E-state index in [1.54, 1.807) is 12.4 Å². The van der Waals surface area contributed by atoms with E-state index in [0.29, 0.717) is 11.5 Å². The van der Waals surface area contributed by atoms with Crippen molar-refractivity contribution < 1.29 is 4.79 Å². The summed E-state index contributed by atoms with van der Waals surface area (Å²) in [5.74, 6) is 0.614. The molecule has 2 aromatic rings. The van der Waals surface area contributed by atoms with Gasteiger partial charge in [-0.1, -0.05) is 0 Å². The third-order valence-electron chi connectivity index (χ3n) is 5.27. The summed E-state index contributed by atoms with van der Waals surface area (Å²) in [5.41, 5.74) is 2.61. The average Bonchev–Trinajstić information content (AvgIpc) is 3.24. The maximum absolute atomic E-state index is 12.3. The molecule has 1 aromatic carbocycles. The second-order valence-electron chi connectivity index (χ2n) is 7.25. The van der Waals surface area contributed by atoms with Gasteiger partial charge in [-0.3, -0.25) is 4.79 Å². The molecule has 0 atom stereocenters. The van der Waals surface area contributed by atoms with Crippen LogP contribution in [0.15, 0.2) is 36.7 Å². The smallest absolute Gasteiger partial charge is 0.274 e. The molecule has 0 spiro atoms. The molecule has 142 valence electrons. The summed E-state index contributed by atoms with van der Waals surface area (Å²) in [7, 11) is 2.16. The molecule has 2 aliphatic heterocycles. The Kier molecular flexibility index (Phi) is 5.20. The quantitative estimate of drug-likeness (QED) is 0.895. The predicted octanol–water partition coefficient (Wildman–Crippen LogP) is 2.21. The number of hydrogen-bond acceptors (Lipinski definition) is 6. The first kappa shape index (κ1) is 17.7. The molecule has 0 radical (unpaired) electrons. The van der Waals surface area contributed by atoms with Gasteiger partial charge >= 0.3 is 0 Å². The third kappa shape index (κ3) is 4.19. The van der Waals surface area contributed by atoms with E-state index in [1.165, 1.54) is 5.69 Å². The molecule has 1 N–H and O–H groups in total. The van der Waals surface area contributed by atoms with Gasteiger partial charge in [-0.05, 0) is 44.2 Å². The molecule has 2 aliphatic rings. The minimum atomic E-state index is -0.0249. The number of likely N-dealkylation sites (tertiary alicyclic amines) is 1. The molecule has 1 aromatic heterocycles. The van der Waals surface area contributed by atoms with Crippen molar-refractivity contribution in [1.82, 2.24) is 19.8 Å². The largest absolute Gasteiger partial charge is 0.369 e. The number of nitrogens with one attached hydrogen (secondary N) is 1. The number of amides is 1. The lowest BCUT2D eigenvalue weighted by molar-refractivity contribution is 0.0786. The summed E-state index contributed by atoms with van der Waals surface area (Å²) < 4.78 is 0. The fourth-order valence-electron chi connectivity index (χ4n) is 3.55. The Bertz CT molecular complexity index is 762. The van der Waals surface area contributed by atoms with E-state index in [2.05, 4.69) is 56.4 Å². The molecule has 7 nitrogen and oxygen atoms in total. The number of carbonyl (C=O) groups excluding carboxylic acids is 1. The highest BCUT2D eigenvalue weighted by Crippen LogP contribution is 2.21. The van der Waals surface area contributed by atoms with Crippen LogP contribution in [0.5, 0.6) is 0 Å². The van der Waals surface area contributed by atoms with Crippen molar-refractivity contribution in [3.05, 3.63) is 42.4 Å². The van der Waals surface area contributed by atoms with Crippen molar-refractivity contribution in [2.24, 2.45) is 0 Å². The maximum atomic E-state index is 12.3. The van der Waals surface area contributed by atoms with Gasteiger partial charge in [0.25, 0.3) is 5.91 Å². The van der Waals surface area contributed by atoms with E-state index in [1.807, 2.05) is 4.90 Å². The number of nitrogens with zero attached hydrogens (tertiary/aromatic N) is 5. The number of hydrogen-bond donors (Lipinski definition) is 1. The zero-order valence-corrected chi connectivity index (χ0v) is 15.8. The second kappa shape index (κ2) is 7.92. The van der Waals surface area contributed by atoms with Gasteiger partial charge in [-0.25, -0.2) is 9.97 Å². The van der Waals surface area contributed by atoms with Crippen molar-refractivity contribution in [3.63, 3.8) is 0 Å². The van der Waals surface area contributed by atoms with E-state index in [9.17, 15) is 4.79 Å². The standard InChI is InChI=1S/C20H26N6O/c1-24-10-12-25(13-11-24)17-6-4-16(5-7-17)23-19-15-21-18(14-22-19)20(27)26-8-2-3-9-26/h4-7,14-15H,2-3,8-13H2,1H3,(H,22,23). The summed E-state index contributed by atoms with van der Waals surface area (Å²) in [6.45, 7) is 5.94. The lowest BCUT2D eigenvalue weighted by atomic mass is 10.2. The van der Waals surface area contributed by atoms with Crippen LogP contribution in [0.25, 0.3) is 0 Å². The van der Waals surface area contributed by atoms with Crippen LogP contribution in [0, 0.1) is 0 Å². The Labute approximate surface area is 160 Å². The fraction of sp³-hybridized carbons (Fsp3) is 0.450. The molecule has 0 aliphatic carbocycles. The lowest BCUT2D eigenvalue weighted by Gasteiger charge is -2.34. The van der Waals surface area contributed by atoms with Crippen LogP contribution >= 0.6 is 0 Å². The number of carbonyl (C=O) groups is 1. The van der Waals surface area contributed by atoms with Crippen molar-refractivity contribution in [2.75, 3.05) is 56.5 Å². The molecule has 0 bridgehead atoms. The van der Waals surface area contributed by atoms with E-state index < -0.39 is 0 Å². The normalized spacial score (nSPS) is 18.0. The van der Waals surface area contributed by atoms with Crippen LogP contribution in [0.1, 0.15) is 23.3 Å². The highest BCUT2D eigenvalue weighted by molar-refractivity contribution is 5.92. The van der Waals surface area contributed by atoms with E-state index in [4.69, 9.17) is 0 Å². The first-order valence-corrected chi connectivity index (χ1v) is 9.61. The minimum Gasteiger partial charge on any atom is -0.369 e. The molecule has 0 unspecified atom stereocenters. The first-order chi connectivity index (χ1) is 13.2. The first-order valence-electron chi connectivity index (χ1n) is 9.61. The monoisotopic (exact) mass is 366 g/mol. The van der Waals surface area contributed by atoms with Gasteiger partial charge in [0.05, 0.1) is 12.4 Å². The molecule has 0 saturated carbocycles. The van der Waals surface area contributed by atoms with Gasteiger partial charge < -0.3 is 20.0 Å². The summed E-state index contributed by atoms with van der Waals surface area (Å²) in [6, 6.07) is 8.37. The summed E-state index contributed by atoms with van der Waals surface area (Å²) in [5, 5.41) is 3.25. The number of anilines is 3. The Morgan fingerprint density at radius 3 is 2.26 bits per heavy atom. The Morgan fingerprint density at radius 1 is 0.926 bits per heavy atom. The summed E-state index contributed by atoms with van der Waals surface area (Å²) in [6.07, 6.45) is 5.32. The number of benzene rings is 1. The molecule has 4 rings (SSSR count). The van der Waals surface area contributed by atoms with Crippen LogP contribution in [-0.2, 0) is 0 Å². The maximum Gasteiger partial charge on any atom is 0.274 e. The highest BCUT2D eigenvalue weighted by atomic mass is 16.2.